The number of ether oxygens (including phenoxy) is 1. The van der Waals surface area contributed by atoms with Gasteiger partial charge >= 0.3 is 0 Å². The first-order valence-electron chi connectivity index (χ1n) is 6.18. The van der Waals surface area contributed by atoms with Gasteiger partial charge in [0.25, 0.3) is 0 Å². The van der Waals surface area contributed by atoms with E-state index in [1.807, 2.05) is 19.1 Å². The van der Waals surface area contributed by atoms with E-state index in [1.54, 1.807) is 6.20 Å². The number of aliphatic hydroxyl groups is 1. The van der Waals surface area contributed by atoms with Crippen LogP contribution in [0.2, 0.25) is 0 Å². The molecule has 1 unspecified atom stereocenters. The highest BCUT2D eigenvalue weighted by molar-refractivity contribution is 5.53. The lowest BCUT2D eigenvalue weighted by molar-refractivity contribution is 0.0599. The number of hydrogen-bond acceptors (Lipinski definition) is 6. The summed E-state index contributed by atoms with van der Waals surface area (Å²) in [6, 6.07) is 3.86. The fourth-order valence-electron chi connectivity index (χ4n) is 1.81. The minimum Gasteiger partial charge on any atom is -0.390 e. The first kappa shape index (κ1) is 13.6. The van der Waals surface area contributed by atoms with Crippen molar-refractivity contribution in [3.05, 3.63) is 29.8 Å². The van der Waals surface area contributed by atoms with E-state index in [4.69, 9.17) is 9.26 Å². The molecule has 1 N–H and O–H groups in total. The second kappa shape index (κ2) is 6.40. The zero-order valence-electron chi connectivity index (χ0n) is 11.0. The van der Waals surface area contributed by atoms with Crippen LogP contribution in [0, 0.1) is 0 Å². The summed E-state index contributed by atoms with van der Waals surface area (Å²) >= 11 is 0. The SMILES string of the molecule is CCc1cccnc1-c1noc(CC(O)COC)n1. The smallest absolute Gasteiger partial charge is 0.229 e. The fraction of sp³-hybridized carbons (Fsp3) is 0.462. The van der Waals surface area contributed by atoms with Gasteiger partial charge in [0.2, 0.25) is 11.7 Å². The predicted octanol–water partition coefficient (Wildman–Crippen LogP) is 1.24. The lowest BCUT2D eigenvalue weighted by Crippen LogP contribution is -2.17. The highest BCUT2D eigenvalue weighted by atomic mass is 16.5. The van der Waals surface area contributed by atoms with Crippen molar-refractivity contribution in [2.45, 2.75) is 25.9 Å². The van der Waals surface area contributed by atoms with Gasteiger partial charge in [-0.1, -0.05) is 18.1 Å². The van der Waals surface area contributed by atoms with Gasteiger partial charge in [-0.05, 0) is 18.1 Å². The Labute approximate surface area is 111 Å². The molecule has 0 aliphatic carbocycles. The minimum atomic E-state index is -0.646. The molecule has 0 fully saturated rings. The van der Waals surface area contributed by atoms with E-state index in [1.165, 1.54) is 7.11 Å². The number of nitrogens with zero attached hydrogens (tertiary/aromatic N) is 3. The second-order valence-corrected chi connectivity index (χ2v) is 4.19. The predicted molar refractivity (Wildman–Crippen MR) is 68.5 cm³/mol. The van der Waals surface area contributed by atoms with E-state index in [-0.39, 0.29) is 13.0 Å². The van der Waals surface area contributed by atoms with Crippen molar-refractivity contribution < 1.29 is 14.4 Å². The Hall–Kier alpha value is -1.79. The molecule has 0 aliphatic heterocycles. The summed E-state index contributed by atoms with van der Waals surface area (Å²) < 4.78 is 9.97. The molecule has 6 heteroatoms. The molecule has 6 nitrogen and oxygen atoms in total. The summed E-state index contributed by atoms with van der Waals surface area (Å²) in [4.78, 5) is 8.53. The van der Waals surface area contributed by atoms with E-state index < -0.39 is 6.10 Å². The Morgan fingerprint density at radius 3 is 3.05 bits per heavy atom. The number of hydrogen-bond donors (Lipinski definition) is 1. The van der Waals surface area contributed by atoms with E-state index in [0.29, 0.717) is 11.7 Å². The van der Waals surface area contributed by atoms with Gasteiger partial charge in [-0.15, -0.1) is 0 Å². The van der Waals surface area contributed by atoms with Crippen molar-refractivity contribution in [3.63, 3.8) is 0 Å². The maximum atomic E-state index is 9.61. The average Bonchev–Trinajstić information content (AvgIpc) is 2.87. The zero-order valence-corrected chi connectivity index (χ0v) is 11.0. The van der Waals surface area contributed by atoms with Crippen molar-refractivity contribution in [2.24, 2.45) is 0 Å². The van der Waals surface area contributed by atoms with Crippen molar-refractivity contribution >= 4 is 0 Å². The maximum absolute atomic E-state index is 9.61. The molecule has 2 aromatic rings. The van der Waals surface area contributed by atoms with Crippen LogP contribution >= 0.6 is 0 Å². The fourth-order valence-corrected chi connectivity index (χ4v) is 1.81. The summed E-state index contributed by atoms with van der Waals surface area (Å²) in [5.74, 6) is 0.837. The van der Waals surface area contributed by atoms with Crippen LogP contribution in [0.1, 0.15) is 18.4 Å². The quantitative estimate of drug-likeness (QED) is 0.844. The Morgan fingerprint density at radius 1 is 1.47 bits per heavy atom. The first-order chi connectivity index (χ1) is 9.24. The molecule has 2 aromatic heterocycles. The summed E-state index contributed by atoms with van der Waals surface area (Å²) in [5.41, 5.74) is 1.79. The van der Waals surface area contributed by atoms with Crippen molar-refractivity contribution in [3.8, 4) is 11.5 Å². The molecule has 19 heavy (non-hydrogen) atoms. The van der Waals surface area contributed by atoms with Gasteiger partial charge in [-0.3, -0.25) is 4.98 Å². The number of pyridine rings is 1. The van der Waals surface area contributed by atoms with Gasteiger partial charge in [-0.25, -0.2) is 0 Å². The Bertz CT molecular complexity index is 527. The van der Waals surface area contributed by atoms with E-state index in [0.717, 1.165) is 17.7 Å². The third kappa shape index (κ3) is 3.36. The molecule has 0 saturated carbocycles. The third-order valence-electron chi connectivity index (χ3n) is 2.72. The molecule has 0 saturated heterocycles. The van der Waals surface area contributed by atoms with Crippen LogP contribution in [-0.4, -0.2) is 40.1 Å². The Balaban J connectivity index is 2.16. The monoisotopic (exact) mass is 263 g/mol. The van der Waals surface area contributed by atoms with E-state index >= 15 is 0 Å². The molecule has 2 rings (SSSR count). The van der Waals surface area contributed by atoms with E-state index in [9.17, 15) is 5.11 Å². The molecule has 0 aliphatic rings. The summed E-state index contributed by atoms with van der Waals surface area (Å²) in [6.07, 6.45) is 2.17. The Kier molecular flexibility index (Phi) is 4.59. The molecular formula is C13H17N3O3. The number of aromatic nitrogens is 3. The minimum absolute atomic E-state index is 0.238. The average molecular weight is 263 g/mol. The van der Waals surface area contributed by atoms with E-state index in [2.05, 4.69) is 15.1 Å². The van der Waals surface area contributed by atoms with Crippen LogP contribution in [0.25, 0.3) is 11.5 Å². The molecule has 1 atom stereocenters. The Morgan fingerprint density at radius 2 is 2.32 bits per heavy atom. The maximum Gasteiger partial charge on any atom is 0.229 e. The zero-order chi connectivity index (χ0) is 13.7. The van der Waals surface area contributed by atoms with Crippen molar-refractivity contribution in [2.75, 3.05) is 13.7 Å². The number of methoxy groups -OCH3 is 1. The third-order valence-corrected chi connectivity index (χ3v) is 2.72. The van der Waals surface area contributed by atoms with Gasteiger partial charge in [0.15, 0.2) is 0 Å². The summed E-state index contributed by atoms with van der Waals surface area (Å²) in [5, 5.41) is 13.5. The molecular weight excluding hydrogens is 246 g/mol. The molecule has 0 spiro atoms. The lowest BCUT2D eigenvalue weighted by Gasteiger charge is -2.04. The highest BCUT2D eigenvalue weighted by Gasteiger charge is 2.15. The number of rotatable bonds is 6. The van der Waals surface area contributed by atoms with Gasteiger partial charge < -0.3 is 14.4 Å². The van der Waals surface area contributed by atoms with Crippen LogP contribution in [0.4, 0.5) is 0 Å². The lowest BCUT2D eigenvalue weighted by atomic mass is 10.1. The normalized spacial score (nSPS) is 12.6. The van der Waals surface area contributed by atoms with Gasteiger partial charge in [0.05, 0.1) is 19.1 Å². The van der Waals surface area contributed by atoms with Crippen LogP contribution in [-0.2, 0) is 17.6 Å². The largest absolute Gasteiger partial charge is 0.390 e. The first-order valence-corrected chi connectivity index (χ1v) is 6.18. The van der Waals surface area contributed by atoms with Crippen LogP contribution in [0.15, 0.2) is 22.9 Å². The standard InChI is InChI=1S/C13H17N3O3/c1-3-9-5-4-6-14-12(9)13-15-11(19-16-13)7-10(17)8-18-2/h4-6,10,17H,3,7-8H2,1-2H3. The van der Waals surface area contributed by atoms with Gasteiger partial charge in [-0.2, -0.15) is 4.98 Å². The van der Waals surface area contributed by atoms with Crippen molar-refractivity contribution in [1.29, 1.82) is 0 Å². The number of aryl methyl sites for hydroxylation is 1. The van der Waals surface area contributed by atoms with Crippen molar-refractivity contribution in [1.82, 2.24) is 15.1 Å². The van der Waals surface area contributed by atoms with Crippen LogP contribution in [0.3, 0.4) is 0 Å². The molecule has 0 radical (unpaired) electrons. The van der Waals surface area contributed by atoms with Gasteiger partial charge in [0.1, 0.15) is 5.69 Å². The second-order valence-electron chi connectivity index (χ2n) is 4.19. The summed E-state index contributed by atoms with van der Waals surface area (Å²) in [7, 11) is 1.53. The van der Waals surface area contributed by atoms with Crippen LogP contribution in [0.5, 0.6) is 0 Å². The van der Waals surface area contributed by atoms with Crippen LogP contribution < -0.4 is 0 Å². The molecule has 0 bridgehead atoms. The molecule has 2 heterocycles. The molecule has 0 amide bonds. The molecule has 0 aromatic carbocycles. The highest BCUT2D eigenvalue weighted by Crippen LogP contribution is 2.18. The summed E-state index contributed by atoms with van der Waals surface area (Å²) in [6.45, 7) is 2.28. The van der Waals surface area contributed by atoms with Gasteiger partial charge in [0, 0.05) is 13.3 Å². The number of aliphatic hydroxyl groups excluding tert-OH is 1. The topological polar surface area (TPSA) is 81.3 Å². The molecule has 102 valence electrons.